The van der Waals surface area contributed by atoms with Gasteiger partial charge >= 0.3 is 0 Å². The van der Waals surface area contributed by atoms with Gasteiger partial charge in [0.05, 0.1) is 28.1 Å². The van der Waals surface area contributed by atoms with E-state index in [9.17, 15) is 4.39 Å². The molecule has 0 radical (unpaired) electrons. The van der Waals surface area contributed by atoms with E-state index in [-0.39, 0.29) is 5.82 Å². The number of H-pyrrole nitrogens is 2. The lowest BCUT2D eigenvalue weighted by molar-refractivity contribution is 0.627. The Bertz CT molecular complexity index is 1710. The number of rotatable bonds is 5. The monoisotopic (exact) mass is 478 g/mol. The Morgan fingerprint density at radius 2 is 1.75 bits per heavy atom. The topological polar surface area (TPSA) is 108 Å². The normalized spacial score (nSPS) is 11.6. The molecule has 0 aliphatic rings. The number of aromatic amines is 2. The molecule has 5 heterocycles. The van der Waals surface area contributed by atoms with Gasteiger partial charge in [-0.05, 0) is 68.8 Å². The fourth-order valence-electron chi connectivity index (χ4n) is 4.35. The van der Waals surface area contributed by atoms with Gasteiger partial charge in [-0.15, -0.1) is 0 Å². The van der Waals surface area contributed by atoms with Crippen LogP contribution in [0.15, 0.2) is 61.1 Å². The Hall–Kier alpha value is -4.66. The summed E-state index contributed by atoms with van der Waals surface area (Å²) in [5.41, 5.74) is 8.18. The lowest BCUT2D eigenvalue weighted by Gasteiger charge is -2.10. The number of anilines is 1. The number of pyridine rings is 3. The van der Waals surface area contributed by atoms with E-state index < -0.39 is 0 Å². The van der Waals surface area contributed by atoms with Crippen molar-refractivity contribution in [3.05, 3.63) is 72.4 Å². The van der Waals surface area contributed by atoms with Crippen LogP contribution < -0.4 is 5.32 Å². The Kier molecular flexibility index (Phi) is 5.18. The van der Waals surface area contributed by atoms with Crippen LogP contribution in [0.1, 0.15) is 19.4 Å². The molecular formula is C27H23FN8. The Balaban J connectivity index is 1.45. The molecule has 178 valence electrons. The second-order valence-electron chi connectivity index (χ2n) is 9.08. The van der Waals surface area contributed by atoms with E-state index in [2.05, 4.69) is 44.3 Å². The molecule has 0 saturated heterocycles. The van der Waals surface area contributed by atoms with Gasteiger partial charge in [-0.1, -0.05) is 0 Å². The summed E-state index contributed by atoms with van der Waals surface area (Å²) >= 11 is 0. The van der Waals surface area contributed by atoms with E-state index in [1.807, 2.05) is 37.3 Å². The van der Waals surface area contributed by atoms with Gasteiger partial charge in [-0.2, -0.15) is 5.10 Å². The van der Waals surface area contributed by atoms with Crippen molar-refractivity contribution in [1.29, 1.82) is 0 Å². The highest BCUT2D eigenvalue weighted by molar-refractivity contribution is 5.95. The molecule has 0 aliphatic heterocycles. The highest BCUT2D eigenvalue weighted by Crippen LogP contribution is 2.31. The molecule has 6 rings (SSSR count). The number of benzene rings is 1. The van der Waals surface area contributed by atoms with E-state index in [1.165, 1.54) is 12.1 Å². The maximum Gasteiger partial charge on any atom is 0.161 e. The van der Waals surface area contributed by atoms with E-state index >= 15 is 0 Å². The molecule has 0 fully saturated rings. The fourth-order valence-corrected chi connectivity index (χ4v) is 4.35. The number of aryl methyl sites for hydroxylation is 1. The molecule has 0 bridgehead atoms. The molecular weight excluding hydrogens is 455 g/mol. The molecule has 0 saturated carbocycles. The fraction of sp³-hybridized carbons (Fsp3) is 0.148. The van der Waals surface area contributed by atoms with Crippen LogP contribution in [-0.2, 0) is 0 Å². The first-order valence-corrected chi connectivity index (χ1v) is 11.6. The molecule has 5 aromatic heterocycles. The second kappa shape index (κ2) is 8.53. The van der Waals surface area contributed by atoms with E-state index in [0.717, 1.165) is 33.5 Å². The quantitative estimate of drug-likeness (QED) is 0.285. The summed E-state index contributed by atoms with van der Waals surface area (Å²) in [7, 11) is 0. The highest BCUT2D eigenvalue weighted by atomic mass is 19.1. The molecule has 6 aromatic rings. The molecule has 8 nitrogen and oxygen atoms in total. The molecule has 0 unspecified atom stereocenters. The molecule has 1 aromatic carbocycles. The van der Waals surface area contributed by atoms with Gasteiger partial charge < -0.3 is 10.3 Å². The van der Waals surface area contributed by atoms with Crippen molar-refractivity contribution in [2.45, 2.75) is 26.8 Å². The molecule has 3 N–H and O–H groups in total. The zero-order valence-corrected chi connectivity index (χ0v) is 20.0. The van der Waals surface area contributed by atoms with Crippen LogP contribution in [-0.4, -0.2) is 41.2 Å². The van der Waals surface area contributed by atoms with E-state index in [0.29, 0.717) is 39.9 Å². The van der Waals surface area contributed by atoms with Crippen LogP contribution in [0.3, 0.4) is 0 Å². The molecule has 0 amide bonds. The first-order chi connectivity index (χ1) is 17.4. The van der Waals surface area contributed by atoms with Gasteiger partial charge in [-0.3, -0.25) is 15.1 Å². The SMILES string of the molecule is Cc1cc(F)cc(-c2nccc3[nH]c(-c4n[nH]c5ccc(-c6cncc(NC(C)C)c6)nc45)nc23)c1. The van der Waals surface area contributed by atoms with Crippen LogP contribution in [0.2, 0.25) is 0 Å². The predicted octanol–water partition coefficient (Wildman–Crippen LogP) is 5.89. The summed E-state index contributed by atoms with van der Waals surface area (Å²) in [5.74, 6) is 0.244. The predicted molar refractivity (Wildman–Crippen MR) is 139 cm³/mol. The average Bonchev–Trinajstić information content (AvgIpc) is 3.46. The maximum absolute atomic E-state index is 14.1. The zero-order valence-electron chi connectivity index (χ0n) is 20.0. The minimum Gasteiger partial charge on any atom is -0.382 e. The van der Waals surface area contributed by atoms with Gasteiger partial charge in [0.2, 0.25) is 0 Å². The largest absolute Gasteiger partial charge is 0.382 e. The minimum absolute atomic E-state index is 0.293. The third kappa shape index (κ3) is 3.94. The van der Waals surface area contributed by atoms with Crippen LogP contribution >= 0.6 is 0 Å². The smallest absolute Gasteiger partial charge is 0.161 e. The van der Waals surface area contributed by atoms with Crippen molar-refractivity contribution < 1.29 is 4.39 Å². The standard InChI is InChI=1S/C27H23FN8/c1-14(2)31-19-11-17(12-29-13-19)20-4-5-22-25(32-20)26(36-35-22)27-33-21-6-7-30-23(24(21)34-27)16-8-15(3)9-18(28)10-16/h4-14,31H,1-3H3,(H,33,34)(H,35,36). The summed E-state index contributed by atoms with van der Waals surface area (Å²) in [6.07, 6.45) is 5.27. The number of nitrogens with one attached hydrogen (secondary N) is 3. The van der Waals surface area contributed by atoms with Crippen molar-refractivity contribution in [2.75, 3.05) is 5.32 Å². The Morgan fingerprint density at radius 3 is 2.58 bits per heavy atom. The number of nitrogens with zero attached hydrogens (tertiary/aromatic N) is 5. The van der Waals surface area contributed by atoms with E-state index in [1.54, 1.807) is 18.6 Å². The summed E-state index contributed by atoms with van der Waals surface area (Å²) in [6.45, 7) is 6.02. The van der Waals surface area contributed by atoms with Crippen LogP contribution in [0.25, 0.3) is 56.1 Å². The average molecular weight is 479 g/mol. The van der Waals surface area contributed by atoms with Crippen molar-refractivity contribution >= 4 is 27.8 Å². The second-order valence-corrected chi connectivity index (χ2v) is 9.08. The Morgan fingerprint density at radius 1 is 0.889 bits per heavy atom. The van der Waals surface area contributed by atoms with Gasteiger partial charge in [0.25, 0.3) is 0 Å². The lowest BCUT2D eigenvalue weighted by Crippen LogP contribution is -2.09. The summed E-state index contributed by atoms with van der Waals surface area (Å²) in [4.78, 5) is 21.9. The molecule has 0 aliphatic carbocycles. The number of fused-ring (bicyclic) bond motifs is 2. The van der Waals surface area contributed by atoms with Crippen molar-refractivity contribution in [2.24, 2.45) is 0 Å². The summed E-state index contributed by atoms with van der Waals surface area (Å²) < 4.78 is 14.1. The summed E-state index contributed by atoms with van der Waals surface area (Å²) in [5, 5.41) is 10.9. The van der Waals surface area contributed by atoms with Gasteiger partial charge in [-0.25, -0.2) is 14.4 Å². The van der Waals surface area contributed by atoms with Crippen LogP contribution in [0, 0.1) is 12.7 Å². The third-order valence-corrected chi connectivity index (χ3v) is 5.84. The van der Waals surface area contributed by atoms with E-state index in [4.69, 9.17) is 9.97 Å². The van der Waals surface area contributed by atoms with Gasteiger partial charge in [0.1, 0.15) is 16.9 Å². The first kappa shape index (κ1) is 21.8. The number of halogens is 1. The maximum atomic E-state index is 14.1. The van der Waals surface area contributed by atoms with Gasteiger partial charge in [0.15, 0.2) is 11.5 Å². The highest BCUT2D eigenvalue weighted by Gasteiger charge is 2.18. The Labute approximate surface area is 206 Å². The van der Waals surface area contributed by atoms with Crippen LogP contribution in [0.4, 0.5) is 10.1 Å². The van der Waals surface area contributed by atoms with Crippen molar-refractivity contribution in [1.82, 2.24) is 35.1 Å². The molecule has 0 spiro atoms. The van der Waals surface area contributed by atoms with Gasteiger partial charge in [0, 0.05) is 35.8 Å². The number of hydrogen-bond acceptors (Lipinski definition) is 6. The number of aromatic nitrogens is 7. The molecule has 0 atom stereocenters. The molecule has 36 heavy (non-hydrogen) atoms. The first-order valence-electron chi connectivity index (χ1n) is 11.6. The van der Waals surface area contributed by atoms with Crippen LogP contribution in [0.5, 0.6) is 0 Å². The van der Waals surface area contributed by atoms with Crippen molar-refractivity contribution in [3.63, 3.8) is 0 Å². The third-order valence-electron chi connectivity index (χ3n) is 5.84. The number of imidazole rings is 1. The van der Waals surface area contributed by atoms with Crippen molar-refractivity contribution in [3.8, 4) is 34.0 Å². The molecule has 9 heteroatoms. The zero-order chi connectivity index (χ0) is 24.8. The number of hydrogen-bond donors (Lipinski definition) is 3. The lowest BCUT2D eigenvalue weighted by atomic mass is 10.1. The summed E-state index contributed by atoms with van der Waals surface area (Å²) in [6, 6.07) is 12.9. The minimum atomic E-state index is -0.309.